The van der Waals surface area contributed by atoms with E-state index < -0.39 is 0 Å². The molecule has 0 bridgehead atoms. The van der Waals surface area contributed by atoms with E-state index in [0.29, 0.717) is 12.6 Å². The summed E-state index contributed by atoms with van der Waals surface area (Å²) in [6.07, 6.45) is 3.08. The van der Waals surface area contributed by atoms with Crippen LogP contribution in [0.15, 0.2) is 41.0 Å². The molecule has 1 aromatic carbocycles. The normalized spacial score (nSPS) is 12.4. The molecule has 0 spiro atoms. The summed E-state index contributed by atoms with van der Waals surface area (Å²) in [6, 6.07) is 10.3. The van der Waals surface area contributed by atoms with E-state index in [-0.39, 0.29) is 0 Å². The summed E-state index contributed by atoms with van der Waals surface area (Å²) in [5.41, 5.74) is 0.950. The van der Waals surface area contributed by atoms with Crippen LogP contribution in [0.2, 0.25) is 0 Å². The van der Waals surface area contributed by atoms with Crippen molar-refractivity contribution in [2.45, 2.75) is 32.9 Å². The van der Waals surface area contributed by atoms with Crippen molar-refractivity contribution in [3.8, 4) is 5.75 Å². The third-order valence-electron chi connectivity index (χ3n) is 2.92. The number of aromatic nitrogens is 2. The largest absolute Gasteiger partial charge is 0.486 e. The summed E-state index contributed by atoms with van der Waals surface area (Å²) in [4.78, 5) is 0. The van der Waals surface area contributed by atoms with Crippen LogP contribution >= 0.6 is 15.9 Å². The van der Waals surface area contributed by atoms with E-state index in [1.54, 1.807) is 0 Å². The average Bonchev–Trinajstić information content (AvgIpc) is 2.86. The Morgan fingerprint density at radius 2 is 2.11 bits per heavy atom. The molecular formula is C14H17BrN2O. The Bertz CT molecular complexity index is 510. The molecule has 0 saturated heterocycles. The monoisotopic (exact) mass is 308 g/mol. The molecule has 96 valence electrons. The first-order valence-electron chi connectivity index (χ1n) is 6.12. The molecular weight excluding hydrogens is 292 g/mol. The number of hydrogen-bond acceptors (Lipinski definition) is 2. The molecule has 0 fully saturated rings. The minimum atomic E-state index is 0.433. The van der Waals surface area contributed by atoms with E-state index in [4.69, 9.17) is 4.74 Å². The number of hydrogen-bond donors (Lipinski definition) is 0. The minimum absolute atomic E-state index is 0.433. The van der Waals surface area contributed by atoms with Crippen LogP contribution in [-0.2, 0) is 6.61 Å². The first-order chi connectivity index (χ1) is 8.70. The zero-order valence-electron chi connectivity index (χ0n) is 10.6. The van der Waals surface area contributed by atoms with Crippen LogP contribution in [0, 0.1) is 0 Å². The predicted octanol–water partition coefficient (Wildman–Crippen LogP) is 4.20. The highest BCUT2D eigenvalue weighted by Gasteiger charge is 2.06. The molecule has 0 amide bonds. The van der Waals surface area contributed by atoms with E-state index in [1.165, 1.54) is 0 Å². The third-order valence-corrected chi connectivity index (χ3v) is 3.57. The fourth-order valence-electron chi connectivity index (χ4n) is 1.60. The van der Waals surface area contributed by atoms with Gasteiger partial charge in [0.2, 0.25) is 0 Å². The first-order valence-corrected chi connectivity index (χ1v) is 6.91. The Labute approximate surface area is 116 Å². The van der Waals surface area contributed by atoms with Gasteiger partial charge in [-0.25, -0.2) is 0 Å². The molecule has 2 aromatic rings. The maximum Gasteiger partial charge on any atom is 0.134 e. The van der Waals surface area contributed by atoms with E-state index in [2.05, 4.69) is 34.9 Å². The molecule has 0 radical (unpaired) electrons. The van der Waals surface area contributed by atoms with Crippen LogP contribution in [0.25, 0.3) is 0 Å². The van der Waals surface area contributed by atoms with Crippen LogP contribution in [-0.4, -0.2) is 9.78 Å². The fraction of sp³-hybridized carbons (Fsp3) is 0.357. The Morgan fingerprint density at radius 1 is 1.33 bits per heavy atom. The van der Waals surface area contributed by atoms with Gasteiger partial charge in [0.1, 0.15) is 12.4 Å². The standard InChI is InChI=1S/C14H17BrN2O/c1-3-11(2)17-9-8-12(16-17)10-18-14-7-5-4-6-13(14)15/h4-9,11H,3,10H2,1-2H3. The van der Waals surface area contributed by atoms with Crippen molar-refractivity contribution in [2.75, 3.05) is 0 Å². The van der Waals surface area contributed by atoms with Gasteiger partial charge in [-0.05, 0) is 47.5 Å². The number of halogens is 1. The van der Waals surface area contributed by atoms with Gasteiger partial charge in [-0.15, -0.1) is 0 Å². The number of para-hydroxylation sites is 1. The predicted molar refractivity (Wildman–Crippen MR) is 75.7 cm³/mol. The van der Waals surface area contributed by atoms with Crippen LogP contribution in [0.3, 0.4) is 0 Å². The molecule has 2 rings (SSSR count). The second-order valence-corrected chi connectivity index (χ2v) is 5.12. The summed E-state index contributed by atoms with van der Waals surface area (Å²) in [6.45, 7) is 4.81. The molecule has 0 aliphatic heterocycles. The quantitative estimate of drug-likeness (QED) is 0.828. The Balaban J connectivity index is 1.98. The maximum atomic E-state index is 5.73. The van der Waals surface area contributed by atoms with Crippen molar-refractivity contribution < 1.29 is 4.74 Å². The Kier molecular flexibility index (Phi) is 4.42. The highest BCUT2D eigenvalue weighted by Crippen LogP contribution is 2.24. The van der Waals surface area contributed by atoms with E-state index in [9.17, 15) is 0 Å². The average molecular weight is 309 g/mol. The zero-order chi connectivity index (χ0) is 13.0. The van der Waals surface area contributed by atoms with Gasteiger partial charge >= 0.3 is 0 Å². The van der Waals surface area contributed by atoms with Gasteiger partial charge in [-0.2, -0.15) is 5.10 Å². The molecule has 4 heteroatoms. The van der Waals surface area contributed by atoms with Gasteiger partial charge in [0.25, 0.3) is 0 Å². The Hall–Kier alpha value is -1.29. The van der Waals surface area contributed by atoms with Crippen LogP contribution < -0.4 is 4.74 Å². The number of nitrogens with zero attached hydrogens (tertiary/aromatic N) is 2. The van der Waals surface area contributed by atoms with Gasteiger partial charge in [-0.1, -0.05) is 19.1 Å². The van der Waals surface area contributed by atoms with Crippen molar-refractivity contribution in [1.29, 1.82) is 0 Å². The topological polar surface area (TPSA) is 27.1 Å². The molecule has 1 unspecified atom stereocenters. The molecule has 0 aliphatic rings. The molecule has 1 atom stereocenters. The summed E-state index contributed by atoms with van der Waals surface area (Å²) >= 11 is 3.46. The zero-order valence-corrected chi connectivity index (χ0v) is 12.2. The molecule has 1 heterocycles. The summed E-state index contributed by atoms with van der Waals surface area (Å²) in [7, 11) is 0. The van der Waals surface area contributed by atoms with Crippen molar-refractivity contribution >= 4 is 15.9 Å². The SMILES string of the molecule is CCC(C)n1ccc(COc2ccccc2Br)n1. The first kappa shape index (κ1) is 13.1. The van der Waals surface area contributed by atoms with E-state index >= 15 is 0 Å². The number of benzene rings is 1. The lowest BCUT2D eigenvalue weighted by Gasteiger charge is -2.09. The van der Waals surface area contributed by atoms with Gasteiger partial charge in [0, 0.05) is 12.2 Å². The van der Waals surface area contributed by atoms with Gasteiger partial charge in [0.05, 0.1) is 10.2 Å². The van der Waals surface area contributed by atoms with Gasteiger partial charge in [0.15, 0.2) is 0 Å². The van der Waals surface area contributed by atoms with E-state index in [0.717, 1.165) is 22.3 Å². The number of ether oxygens (including phenoxy) is 1. The van der Waals surface area contributed by atoms with Gasteiger partial charge < -0.3 is 4.74 Å². The summed E-state index contributed by atoms with van der Waals surface area (Å²) in [5, 5.41) is 4.50. The van der Waals surface area contributed by atoms with Crippen molar-refractivity contribution in [3.63, 3.8) is 0 Å². The second-order valence-electron chi connectivity index (χ2n) is 4.26. The van der Waals surface area contributed by atoms with Crippen LogP contribution in [0.1, 0.15) is 32.0 Å². The van der Waals surface area contributed by atoms with Crippen molar-refractivity contribution in [2.24, 2.45) is 0 Å². The molecule has 18 heavy (non-hydrogen) atoms. The second kappa shape index (κ2) is 6.05. The summed E-state index contributed by atoms with van der Waals surface area (Å²) < 4.78 is 8.68. The highest BCUT2D eigenvalue weighted by molar-refractivity contribution is 9.10. The molecule has 1 aromatic heterocycles. The fourth-order valence-corrected chi connectivity index (χ4v) is 2.00. The highest BCUT2D eigenvalue weighted by atomic mass is 79.9. The molecule has 3 nitrogen and oxygen atoms in total. The van der Waals surface area contributed by atoms with Crippen LogP contribution in [0.5, 0.6) is 5.75 Å². The molecule has 0 N–H and O–H groups in total. The lowest BCUT2D eigenvalue weighted by molar-refractivity contribution is 0.296. The molecule has 0 saturated carbocycles. The number of rotatable bonds is 5. The lowest BCUT2D eigenvalue weighted by atomic mass is 10.3. The summed E-state index contributed by atoms with van der Waals surface area (Å²) in [5.74, 6) is 0.843. The van der Waals surface area contributed by atoms with E-state index in [1.807, 2.05) is 41.2 Å². The smallest absolute Gasteiger partial charge is 0.134 e. The Morgan fingerprint density at radius 3 is 2.83 bits per heavy atom. The van der Waals surface area contributed by atoms with Crippen molar-refractivity contribution in [1.82, 2.24) is 9.78 Å². The maximum absolute atomic E-state index is 5.73. The third kappa shape index (κ3) is 3.13. The molecule has 0 aliphatic carbocycles. The van der Waals surface area contributed by atoms with Gasteiger partial charge in [-0.3, -0.25) is 4.68 Å². The minimum Gasteiger partial charge on any atom is -0.486 e. The van der Waals surface area contributed by atoms with Crippen molar-refractivity contribution in [3.05, 3.63) is 46.7 Å². The lowest BCUT2D eigenvalue weighted by Crippen LogP contribution is -2.05. The van der Waals surface area contributed by atoms with Crippen LogP contribution in [0.4, 0.5) is 0 Å².